The number of nitrogens with one attached hydrogen (secondary N) is 3. The van der Waals surface area contributed by atoms with Gasteiger partial charge in [0, 0.05) is 98.8 Å². The quantitative estimate of drug-likeness (QED) is 0.0485. The van der Waals surface area contributed by atoms with Crippen LogP contribution in [0.2, 0.25) is 0 Å². The Hall–Kier alpha value is -8.82. The topological polar surface area (TPSA) is 245 Å². The number of aryl methyl sites for hydroxylation is 1. The van der Waals surface area contributed by atoms with Crippen molar-refractivity contribution in [2.45, 2.75) is 52.3 Å². The molecule has 0 bridgehead atoms. The second-order valence-electron chi connectivity index (χ2n) is 19.9. The number of aromatic hydroxyl groups is 1. The van der Waals surface area contributed by atoms with Gasteiger partial charge in [0.15, 0.2) is 0 Å². The number of hydrogen-bond acceptors (Lipinski definition) is 13. The summed E-state index contributed by atoms with van der Waals surface area (Å²) in [6, 6.07) is 21.7. The van der Waals surface area contributed by atoms with Gasteiger partial charge in [0.2, 0.25) is 11.8 Å². The van der Waals surface area contributed by atoms with Gasteiger partial charge in [0.1, 0.15) is 35.5 Å². The van der Waals surface area contributed by atoms with Gasteiger partial charge in [-0.05, 0) is 104 Å². The number of hydrogen-bond donors (Lipinski definition) is 4. The van der Waals surface area contributed by atoms with Gasteiger partial charge in [-0.25, -0.2) is 14.6 Å². The monoisotopic (exact) mass is 1100 g/mol. The summed E-state index contributed by atoms with van der Waals surface area (Å²) in [5.41, 5.74) is 4.43. The van der Waals surface area contributed by atoms with Crippen LogP contribution in [0.15, 0.2) is 109 Å². The fourth-order valence-electron chi connectivity index (χ4n) is 9.59. The molecule has 0 saturated heterocycles. The number of carbonyl (C=O) groups excluding carboxylic acids is 8. The molecule has 0 aliphatic carbocycles. The summed E-state index contributed by atoms with van der Waals surface area (Å²) in [6.07, 6.45) is 3.86. The summed E-state index contributed by atoms with van der Waals surface area (Å²) < 4.78 is 13.4. The van der Waals surface area contributed by atoms with E-state index in [1.165, 1.54) is 41.1 Å². The van der Waals surface area contributed by atoms with E-state index in [1.807, 2.05) is 32.9 Å². The van der Waals surface area contributed by atoms with E-state index in [2.05, 4.69) is 20.9 Å². The molecule has 22 heteroatoms. The lowest BCUT2D eigenvalue weighted by Crippen LogP contribution is -2.51. The minimum Gasteiger partial charge on any atom is -0.508 e. The van der Waals surface area contributed by atoms with Crippen LogP contribution in [0.3, 0.4) is 0 Å². The summed E-state index contributed by atoms with van der Waals surface area (Å²) in [7, 11) is 5.10. The maximum Gasteiger partial charge on any atom is 0.415 e. The SMILES string of the molecule is Cc1cccc2c(OC(=O)N(CCN(C)C(=O)OCc3ccc(NC(=O)[C@H](C)NC(=O)[C@H](C(C)C)N(C)C)cc3)CCN3C(=O)C=CC3=O)cc3c(c12)[C@H](CCl)CN3C(=O)c1cn2cc(NC(=O)c3ccc(O)cc3)ccc2n1. The lowest BCUT2D eigenvalue weighted by molar-refractivity contribution is -0.137. The van der Waals surface area contributed by atoms with E-state index in [9.17, 15) is 43.5 Å². The van der Waals surface area contributed by atoms with Gasteiger partial charge in [-0.15, -0.1) is 11.6 Å². The molecule has 412 valence electrons. The van der Waals surface area contributed by atoms with Crippen LogP contribution in [0.25, 0.3) is 16.4 Å². The minimum absolute atomic E-state index is 0.0258. The first-order valence-corrected chi connectivity index (χ1v) is 26.0. The van der Waals surface area contributed by atoms with E-state index in [-0.39, 0.29) is 80.1 Å². The Morgan fingerprint density at radius 3 is 2.19 bits per heavy atom. The number of anilines is 3. The van der Waals surface area contributed by atoms with Crippen molar-refractivity contribution in [3.05, 3.63) is 137 Å². The van der Waals surface area contributed by atoms with Crippen LogP contribution in [0.1, 0.15) is 64.2 Å². The van der Waals surface area contributed by atoms with Crippen molar-refractivity contribution < 1.29 is 52.9 Å². The van der Waals surface area contributed by atoms with E-state index in [1.54, 1.807) is 96.1 Å². The molecule has 2 aliphatic rings. The molecule has 0 unspecified atom stereocenters. The number of phenolic OH excluding ortho intramolecular Hbond substituents is 1. The smallest absolute Gasteiger partial charge is 0.415 e. The van der Waals surface area contributed by atoms with Crippen LogP contribution in [-0.4, -0.2) is 154 Å². The summed E-state index contributed by atoms with van der Waals surface area (Å²) in [4.78, 5) is 118. The molecule has 21 nitrogen and oxygen atoms in total. The molecule has 6 aromatic rings. The molecule has 4 heterocycles. The number of rotatable bonds is 19. The van der Waals surface area contributed by atoms with Crippen molar-refractivity contribution in [1.82, 2.24) is 34.3 Å². The average molecular weight is 1100 g/mol. The number of amides is 8. The molecule has 4 aromatic carbocycles. The standard InChI is InChI=1S/C57H61ClN10O11/c1-33(2)51(63(5)6)54(74)59-35(4)52(72)60-39-15-11-36(12-16-39)32-78-56(76)64(7)23-24-65(25-26-67-47(70)21-22-48(67)71)57(77)79-45-27-44-50(49-34(3)9-8-10-42(45)49)38(28-58)29-68(44)55(75)43-31-66-30-40(17-20-46(66)62-43)61-53(73)37-13-18-41(69)19-14-37/h8-22,27,30-31,33,35,38,51,69H,23-26,28-29,32H2,1-7H3,(H,59,74)(H,60,72)(H,61,73)/t35-,38+,51-/m0/s1. The molecule has 8 rings (SSSR count). The number of halogens is 1. The molecule has 2 aliphatic heterocycles. The third-order valence-corrected chi connectivity index (χ3v) is 14.1. The van der Waals surface area contributed by atoms with E-state index in [0.29, 0.717) is 39.2 Å². The fraction of sp³-hybridized carbons (Fsp3) is 0.316. The number of phenols is 1. The molecule has 2 aromatic heterocycles. The number of alkyl halides is 1. The Kier molecular flexibility index (Phi) is 17.3. The summed E-state index contributed by atoms with van der Waals surface area (Å²) in [6.45, 7) is 6.89. The van der Waals surface area contributed by atoms with Crippen molar-refractivity contribution in [3.8, 4) is 11.5 Å². The van der Waals surface area contributed by atoms with Gasteiger partial charge in [0.05, 0.1) is 17.4 Å². The van der Waals surface area contributed by atoms with E-state index < -0.39 is 53.8 Å². The van der Waals surface area contributed by atoms with Crippen LogP contribution in [-0.2, 0) is 30.5 Å². The summed E-state index contributed by atoms with van der Waals surface area (Å²) in [5.74, 6) is -2.62. The van der Waals surface area contributed by atoms with Crippen molar-refractivity contribution in [2.24, 2.45) is 5.92 Å². The highest BCUT2D eigenvalue weighted by molar-refractivity contribution is 6.19. The third-order valence-electron chi connectivity index (χ3n) is 13.7. The highest BCUT2D eigenvalue weighted by Gasteiger charge is 2.37. The number of imidazole rings is 1. The van der Waals surface area contributed by atoms with Gasteiger partial charge in [-0.1, -0.05) is 44.2 Å². The zero-order chi connectivity index (χ0) is 56.8. The Balaban J connectivity index is 0.956. The Morgan fingerprint density at radius 2 is 1.52 bits per heavy atom. The number of benzene rings is 4. The number of fused-ring (bicyclic) bond motifs is 4. The molecule has 3 atom stereocenters. The zero-order valence-corrected chi connectivity index (χ0v) is 45.4. The minimum atomic E-state index is -0.868. The number of likely N-dealkylation sites (N-methyl/N-ethyl adjacent to an activating group) is 2. The number of ether oxygens (including phenoxy) is 2. The summed E-state index contributed by atoms with van der Waals surface area (Å²) in [5, 5.41) is 19.3. The van der Waals surface area contributed by atoms with Crippen LogP contribution in [0.4, 0.5) is 26.7 Å². The number of nitrogens with zero attached hydrogens (tertiary/aromatic N) is 7. The van der Waals surface area contributed by atoms with Crippen molar-refractivity contribution in [3.63, 3.8) is 0 Å². The molecule has 0 radical (unpaired) electrons. The first kappa shape index (κ1) is 56.4. The highest BCUT2D eigenvalue weighted by atomic mass is 35.5. The van der Waals surface area contributed by atoms with Crippen LogP contribution >= 0.6 is 11.6 Å². The second kappa shape index (κ2) is 24.2. The molecule has 0 spiro atoms. The molecular weight excluding hydrogens is 1040 g/mol. The van der Waals surface area contributed by atoms with E-state index >= 15 is 0 Å². The maximum absolute atomic E-state index is 14.6. The van der Waals surface area contributed by atoms with Crippen LogP contribution < -0.4 is 25.6 Å². The van der Waals surface area contributed by atoms with Gasteiger partial charge in [0.25, 0.3) is 23.6 Å². The summed E-state index contributed by atoms with van der Waals surface area (Å²) >= 11 is 6.63. The van der Waals surface area contributed by atoms with Gasteiger partial charge < -0.3 is 49.6 Å². The highest BCUT2D eigenvalue weighted by Crippen LogP contribution is 2.47. The molecule has 8 amide bonds. The van der Waals surface area contributed by atoms with Crippen molar-refractivity contribution in [1.29, 1.82) is 0 Å². The largest absolute Gasteiger partial charge is 0.508 e. The molecule has 0 fully saturated rings. The van der Waals surface area contributed by atoms with Crippen LogP contribution in [0, 0.1) is 12.8 Å². The second-order valence-corrected chi connectivity index (χ2v) is 20.3. The zero-order valence-electron chi connectivity index (χ0n) is 44.7. The van der Waals surface area contributed by atoms with Gasteiger partial charge in [-0.3, -0.25) is 38.6 Å². The third kappa shape index (κ3) is 12.8. The van der Waals surface area contributed by atoms with Crippen molar-refractivity contribution in [2.75, 3.05) is 75.3 Å². The number of pyridine rings is 1. The normalized spacial score (nSPS) is 14.6. The first-order valence-electron chi connectivity index (χ1n) is 25.5. The number of imide groups is 1. The Morgan fingerprint density at radius 1 is 0.823 bits per heavy atom. The Labute approximate surface area is 460 Å². The van der Waals surface area contributed by atoms with E-state index in [0.717, 1.165) is 33.6 Å². The van der Waals surface area contributed by atoms with Crippen LogP contribution in [0.5, 0.6) is 11.5 Å². The molecule has 79 heavy (non-hydrogen) atoms. The van der Waals surface area contributed by atoms with Gasteiger partial charge in [-0.2, -0.15) is 0 Å². The molecule has 4 N–H and O–H groups in total. The molecular formula is C57H61ClN10O11. The average Bonchev–Trinajstić information content (AvgIpc) is 4.29. The maximum atomic E-state index is 14.6. The lowest BCUT2D eigenvalue weighted by Gasteiger charge is -2.28. The fourth-order valence-corrected chi connectivity index (χ4v) is 9.84. The predicted octanol–water partition coefficient (Wildman–Crippen LogP) is 6.76. The number of carbonyl (C=O) groups is 8. The van der Waals surface area contributed by atoms with Gasteiger partial charge >= 0.3 is 12.2 Å². The molecule has 0 saturated carbocycles. The number of aromatic nitrogens is 2. The van der Waals surface area contributed by atoms with E-state index in [4.69, 9.17) is 21.1 Å². The predicted molar refractivity (Wildman–Crippen MR) is 296 cm³/mol. The Bertz CT molecular complexity index is 3350. The van der Waals surface area contributed by atoms with Crippen molar-refractivity contribution >= 4 is 92.7 Å². The first-order chi connectivity index (χ1) is 37.7. The lowest BCUT2D eigenvalue weighted by atomic mass is 9.92.